The molecule has 2 rings (SSSR count). The molecule has 0 aromatic heterocycles. The summed E-state index contributed by atoms with van der Waals surface area (Å²) in [6.45, 7) is -0.0413. The molecule has 0 radical (unpaired) electrons. The van der Waals surface area contributed by atoms with E-state index in [0.717, 1.165) is 11.3 Å². The van der Waals surface area contributed by atoms with E-state index in [1.165, 1.54) is 5.01 Å². The fourth-order valence-electron chi connectivity index (χ4n) is 1.70. The summed E-state index contributed by atoms with van der Waals surface area (Å²) in [6, 6.07) is 7.38. The third kappa shape index (κ3) is 1.19. The Morgan fingerprint density at radius 1 is 1.54 bits per heavy atom. The minimum Gasteiger partial charge on any atom is -0.394 e. The Labute approximate surface area is 75.7 Å². The van der Waals surface area contributed by atoms with Gasteiger partial charge in [-0.2, -0.15) is 0 Å². The lowest BCUT2D eigenvalue weighted by Gasteiger charge is -2.15. The van der Waals surface area contributed by atoms with E-state index >= 15 is 0 Å². The van der Waals surface area contributed by atoms with Gasteiger partial charge in [0.15, 0.2) is 0 Å². The molecule has 0 aliphatic carbocycles. The van der Waals surface area contributed by atoms with Crippen molar-refractivity contribution in [3.8, 4) is 0 Å². The topological polar surface area (TPSA) is 52.9 Å². The summed E-state index contributed by atoms with van der Waals surface area (Å²) in [5.74, 6) is 0. The number of fused-ring (bicyclic) bond motifs is 1. The minimum atomic E-state index is -0.185. The Balaban J connectivity index is 2.39. The van der Waals surface area contributed by atoms with Crippen LogP contribution in [0.1, 0.15) is 5.56 Å². The van der Waals surface area contributed by atoms with Gasteiger partial charge in [-0.25, -0.2) is 5.01 Å². The van der Waals surface area contributed by atoms with Gasteiger partial charge in [0.05, 0.1) is 23.6 Å². The zero-order chi connectivity index (χ0) is 9.26. The summed E-state index contributed by atoms with van der Waals surface area (Å²) in [7, 11) is 0. The lowest BCUT2D eigenvalue weighted by molar-refractivity contribution is 0.263. The minimum absolute atomic E-state index is 0.0413. The van der Waals surface area contributed by atoms with Crippen LogP contribution >= 0.6 is 0 Å². The summed E-state index contributed by atoms with van der Waals surface area (Å²) in [5.41, 5.74) is 1.89. The average Bonchev–Trinajstić information content (AvgIpc) is 2.55. The van der Waals surface area contributed by atoms with Crippen LogP contribution in [0.4, 0.5) is 5.69 Å². The van der Waals surface area contributed by atoms with E-state index in [9.17, 15) is 4.91 Å². The molecule has 0 unspecified atom stereocenters. The standard InChI is InChI=1S/C9H10N2O2/c12-6-8-5-7-3-1-2-4-9(7)11(8)10-13/h1-4,8,12H,5-6H2/t8-/m0/s1. The largest absolute Gasteiger partial charge is 0.394 e. The maximum absolute atomic E-state index is 10.5. The van der Waals surface area contributed by atoms with Crippen LogP contribution in [-0.4, -0.2) is 17.8 Å². The number of nitroso groups, excluding NO2 is 1. The number of benzene rings is 1. The zero-order valence-corrected chi connectivity index (χ0v) is 7.05. The maximum Gasteiger partial charge on any atom is 0.0830 e. The van der Waals surface area contributed by atoms with Crippen molar-refractivity contribution in [1.29, 1.82) is 0 Å². The van der Waals surface area contributed by atoms with Gasteiger partial charge >= 0.3 is 0 Å². The number of aliphatic hydroxyl groups excluding tert-OH is 1. The van der Waals surface area contributed by atoms with Gasteiger partial charge in [-0.15, -0.1) is 4.91 Å². The molecular weight excluding hydrogens is 168 g/mol. The highest BCUT2D eigenvalue weighted by molar-refractivity contribution is 5.58. The normalized spacial score (nSPS) is 20.1. The van der Waals surface area contributed by atoms with Gasteiger partial charge in [-0.3, -0.25) is 0 Å². The third-order valence-corrected chi connectivity index (χ3v) is 2.34. The van der Waals surface area contributed by atoms with Gasteiger partial charge in [0.1, 0.15) is 0 Å². The van der Waals surface area contributed by atoms with E-state index in [1.54, 1.807) is 0 Å². The van der Waals surface area contributed by atoms with Gasteiger partial charge in [-0.05, 0) is 18.1 Å². The predicted octanol–water partition coefficient (Wildman–Crippen LogP) is 1.09. The zero-order valence-electron chi connectivity index (χ0n) is 7.05. The van der Waals surface area contributed by atoms with Crippen molar-refractivity contribution in [1.82, 2.24) is 0 Å². The van der Waals surface area contributed by atoms with E-state index < -0.39 is 0 Å². The van der Waals surface area contributed by atoms with Crippen LogP contribution in [-0.2, 0) is 6.42 Å². The number of aliphatic hydroxyl groups is 1. The average molecular weight is 178 g/mol. The lowest BCUT2D eigenvalue weighted by Crippen LogP contribution is -2.29. The SMILES string of the molecule is O=NN1c2ccccc2C[C@H]1CO. The Kier molecular flexibility index (Phi) is 1.98. The molecule has 0 saturated carbocycles. The molecule has 4 nitrogen and oxygen atoms in total. The monoisotopic (exact) mass is 178 g/mol. The molecule has 4 heteroatoms. The number of para-hydroxylation sites is 1. The number of anilines is 1. The Morgan fingerprint density at radius 2 is 2.31 bits per heavy atom. The molecule has 68 valence electrons. The Hall–Kier alpha value is -1.42. The van der Waals surface area contributed by atoms with Crippen LogP contribution in [0.5, 0.6) is 0 Å². The molecule has 0 amide bonds. The van der Waals surface area contributed by atoms with Crippen molar-refractivity contribution >= 4 is 5.69 Å². The lowest BCUT2D eigenvalue weighted by atomic mass is 10.1. The van der Waals surface area contributed by atoms with Crippen LogP contribution in [0.15, 0.2) is 29.6 Å². The Bertz CT molecular complexity index is 327. The highest BCUT2D eigenvalue weighted by atomic mass is 16.3. The number of hydrogen-bond donors (Lipinski definition) is 1. The maximum atomic E-state index is 10.5. The molecule has 0 spiro atoms. The molecular formula is C9H10N2O2. The summed E-state index contributed by atoms with van der Waals surface area (Å²) in [5, 5.41) is 13.2. The van der Waals surface area contributed by atoms with Crippen LogP contribution in [0.3, 0.4) is 0 Å². The molecule has 1 aliphatic heterocycles. The van der Waals surface area contributed by atoms with Gasteiger partial charge < -0.3 is 5.11 Å². The first-order valence-electron chi connectivity index (χ1n) is 4.18. The van der Waals surface area contributed by atoms with Crippen molar-refractivity contribution < 1.29 is 5.11 Å². The van der Waals surface area contributed by atoms with E-state index in [1.807, 2.05) is 24.3 Å². The second-order valence-corrected chi connectivity index (χ2v) is 3.10. The fraction of sp³-hybridized carbons (Fsp3) is 0.333. The molecule has 0 saturated heterocycles. The van der Waals surface area contributed by atoms with E-state index in [0.29, 0.717) is 6.42 Å². The molecule has 1 atom stereocenters. The third-order valence-electron chi connectivity index (χ3n) is 2.34. The van der Waals surface area contributed by atoms with Gasteiger partial charge in [0.2, 0.25) is 0 Å². The first kappa shape index (κ1) is 8.19. The van der Waals surface area contributed by atoms with Crippen LogP contribution < -0.4 is 5.01 Å². The van der Waals surface area contributed by atoms with Gasteiger partial charge in [-0.1, -0.05) is 18.2 Å². The molecule has 1 aromatic carbocycles. The van der Waals surface area contributed by atoms with Crippen molar-refractivity contribution in [2.45, 2.75) is 12.5 Å². The van der Waals surface area contributed by atoms with E-state index in [2.05, 4.69) is 5.29 Å². The van der Waals surface area contributed by atoms with Crippen molar-refractivity contribution in [3.05, 3.63) is 34.7 Å². The van der Waals surface area contributed by atoms with Crippen LogP contribution in [0, 0.1) is 4.91 Å². The van der Waals surface area contributed by atoms with Crippen LogP contribution in [0.2, 0.25) is 0 Å². The second-order valence-electron chi connectivity index (χ2n) is 3.10. The molecule has 1 aliphatic rings. The van der Waals surface area contributed by atoms with Crippen molar-refractivity contribution in [3.63, 3.8) is 0 Å². The van der Waals surface area contributed by atoms with Crippen molar-refractivity contribution in [2.75, 3.05) is 11.6 Å². The van der Waals surface area contributed by atoms with E-state index in [4.69, 9.17) is 5.11 Å². The smallest absolute Gasteiger partial charge is 0.0830 e. The highest BCUT2D eigenvalue weighted by Crippen LogP contribution is 2.31. The number of nitrogens with zero attached hydrogens (tertiary/aromatic N) is 2. The fourth-order valence-corrected chi connectivity index (χ4v) is 1.70. The summed E-state index contributed by atoms with van der Waals surface area (Å²) >= 11 is 0. The Morgan fingerprint density at radius 3 is 3.00 bits per heavy atom. The molecule has 13 heavy (non-hydrogen) atoms. The summed E-state index contributed by atoms with van der Waals surface area (Å²) < 4.78 is 0. The molecule has 1 N–H and O–H groups in total. The molecule has 0 fully saturated rings. The highest BCUT2D eigenvalue weighted by Gasteiger charge is 2.29. The van der Waals surface area contributed by atoms with E-state index in [-0.39, 0.29) is 12.6 Å². The first-order chi connectivity index (χ1) is 6.36. The molecule has 0 bridgehead atoms. The second kappa shape index (κ2) is 3.14. The van der Waals surface area contributed by atoms with Crippen molar-refractivity contribution in [2.24, 2.45) is 5.29 Å². The number of rotatable bonds is 2. The van der Waals surface area contributed by atoms with Gasteiger partial charge in [0.25, 0.3) is 0 Å². The number of hydrogen-bond acceptors (Lipinski definition) is 3. The molecule has 1 aromatic rings. The summed E-state index contributed by atoms with van der Waals surface area (Å²) in [4.78, 5) is 10.5. The predicted molar refractivity (Wildman–Crippen MR) is 49.3 cm³/mol. The van der Waals surface area contributed by atoms with Crippen LogP contribution in [0.25, 0.3) is 0 Å². The summed E-state index contributed by atoms with van der Waals surface area (Å²) in [6.07, 6.45) is 0.693. The molecule has 1 heterocycles. The first-order valence-corrected chi connectivity index (χ1v) is 4.18. The van der Waals surface area contributed by atoms with Gasteiger partial charge in [0, 0.05) is 0 Å². The quantitative estimate of drug-likeness (QED) is 0.690.